The van der Waals surface area contributed by atoms with Crippen LogP contribution in [0.2, 0.25) is 0 Å². The molecule has 1 atom stereocenters. The molecular weight excluding hydrogens is 270 g/mol. The van der Waals surface area contributed by atoms with Crippen molar-refractivity contribution in [2.45, 2.75) is 26.2 Å². The Morgan fingerprint density at radius 3 is 2.62 bits per heavy atom. The van der Waals surface area contributed by atoms with Gasteiger partial charge in [-0.1, -0.05) is 13.3 Å². The highest BCUT2D eigenvalue weighted by Crippen LogP contribution is 2.06. The van der Waals surface area contributed by atoms with Gasteiger partial charge in [0.05, 0.1) is 0 Å². The minimum Gasteiger partial charge on any atom is -0.481 e. The van der Waals surface area contributed by atoms with Crippen molar-refractivity contribution >= 4 is 12.0 Å². The predicted octanol–water partition coefficient (Wildman–Crippen LogP) is 1.77. The number of hydrogen-bond acceptors (Lipinski definition) is 3. The van der Waals surface area contributed by atoms with Gasteiger partial charge in [0.1, 0.15) is 0 Å². The van der Waals surface area contributed by atoms with E-state index in [0.717, 1.165) is 18.4 Å². The van der Waals surface area contributed by atoms with Crippen LogP contribution in [0.4, 0.5) is 4.79 Å². The fourth-order valence-corrected chi connectivity index (χ4v) is 1.92. The second-order valence-corrected chi connectivity index (χ2v) is 5.09. The number of urea groups is 1. The van der Waals surface area contributed by atoms with Gasteiger partial charge in [0.2, 0.25) is 0 Å². The van der Waals surface area contributed by atoms with Gasteiger partial charge in [0.25, 0.3) is 0 Å². The maximum absolute atomic E-state index is 11.9. The zero-order chi connectivity index (χ0) is 15.7. The molecule has 1 aromatic heterocycles. The van der Waals surface area contributed by atoms with E-state index < -0.39 is 5.97 Å². The quantitative estimate of drug-likeness (QED) is 0.765. The first-order valence-electron chi connectivity index (χ1n) is 7.12. The number of carboxylic acids is 1. The van der Waals surface area contributed by atoms with Crippen LogP contribution in [-0.2, 0) is 11.2 Å². The van der Waals surface area contributed by atoms with E-state index in [2.05, 4.69) is 10.3 Å². The average molecular weight is 293 g/mol. The molecular formula is C15H23N3O3. The van der Waals surface area contributed by atoms with Gasteiger partial charge < -0.3 is 15.3 Å². The first-order chi connectivity index (χ1) is 10.0. The van der Waals surface area contributed by atoms with Crippen molar-refractivity contribution in [1.29, 1.82) is 0 Å². The van der Waals surface area contributed by atoms with E-state index in [0.29, 0.717) is 13.1 Å². The number of nitrogens with one attached hydrogen (secondary N) is 1. The van der Waals surface area contributed by atoms with Crippen LogP contribution >= 0.6 is 0 Å². The molecule has 0 aliphatic rings. The van der Waals surface area contributed by atoms with E-state index in [1.54, 1.807) is 24.3 Å². The van der Waals surface area contributed by atoms with E-state index >= 15 is 0 Å². The lowest BCUT2D eigenvalue weighted by molar-refractivity contribution is -0.138. The van der Waals surface area contributed by atoms with Crippen LogP contribution in [0, 0.1) is 5.92 Å². The van der Waals surface area contributed by atoms with Crippen molar-refractivity contribution in [2.75, 3.05) is 20.1 Å². The predicted molar refractivity (Wildman–Crippen MR) is 80.0 cm³/mol. The summed E-state index contributed by atoms with van der Waals surface area (Å²) in [5.41, 5.74) is 1.13. The van der Waals surface area contributed by atoms with Gasteiger partial charge in [-0.3, -0.25) is 9.78 Å². The molecule has 1 aromatic rings. The van der Waals surface area contributed by atoms with Crippen LogP contribution in [0.25, 0.3) is 0 Å². The third-order valence-electron chi connectivity index (χ3n) is 3.41. The molecule has 0 aliphatic carbocycles. The molecule has 116 valence electrons. The van der Waals surface area contributed by atoms with Crippen molar-refractivity contribution in [2.24, 2.45) is 5.92 Å². The number of rotatable bonds is 8. The van der Waals surface area contributed by atoms with Crippen LogP contribution in [0.15, 0.2) is 24.5 Å². The Kier molecular flexibility index (Phi) is 7.21. The van der Waals surface area contributed by atoms with E-state index in [-0.39, 0.29) is 18.4 Å². The number of likely N-dealkylation sites (N-methyl/N-ethyl adjacent to an activating group) is 1. The lowest BCUT2D eigenvalue weighted by Gasteiger charge is -2.20. The maximum atomic E-state index is 11.9. The van der Waals surface area contributed by atoms with Gasteiger partial charge >= 0.3 is 12.0 Å². The summed E-state index contributed by atoms with van der Waals surface area (Å²) in [5, 5.41) is 11.6. The van der Waals surface area contributed by atoms with Gasteiger partial charge in [-0.2, -0.15) is 0 Å². The minimum atomic E-state index is -0.831. The van der Waals surface area contributed by atoms with Crippen molar-refractivity contribution in [3.05, 3.63) is 30.1 Å². The number of hydrogen-bond donors (Lipinski definition) is 2. The Morgan fingerprint density at radius 1 is 1.38 bits per heavy atom. The summed E-state index contributed by atoms with van der Waals surface area (Å²) >= 11 is 0. The highest BCUT2D eigenvalue weighted by molar-refractivity contribution is 5.74. The maximum Gasteiger partial charge on any atom is 0.317 e. The van der Waals surface area contributed by atoms with Crippen LogP contribution in [-0.4, -0.2) is 47.1 Å². The molecule has 6 heteroatoms. The van der Waals surface area contributed by atoms with Gasteiger partial charge in [-0.05, 0) is 30.0 Å². The third kappa shape index (κ3) is 6.74. The van der Waals surface area contributed by atoms with E-state index in [1.165, 1.54) is 0 Å². The zero-order valence-corrected chi connectivity index (χ0v) is 12.6. The topological polar surface area (TPSA) is 82.5 Å². The Hall–Kier alpha value is -2.11. The first-order valence-corrected chi connectivity index (χ1v) is 7.12. The molecule has 1 heterocycles. The fraction of sp³-hybridized carbons (Fsp3) is 0.533. The monoisotopic (exact) mass is 293 g/mol. The van der Waals surface area contributed by atoms with Gasteiger partial charge in [-0.25, -0.2) is 4.79 Å². The standard InChI is InChI=1S/C15H23N3O3/c1-3-12(10-14(19)20)11-17-15(21)18(2)9-6-13-4-7-16-8-5-13/h4-5,7-8,12H,3,6,9-11H2,1-2H3,(H,17,21)(H,19,20). The Bertz CT molecular complexity index is 451. The zero-order valence-electron chi connectivity index (χ0n) is 12.6. The molecule has 6 nitrogen and oxygen atoms in total. The number of amides is 2. The fourth-order valence-electron chi connectivity index (χ4n) is 1.92. The molecule has 2 amide bonds. The second-order valence-electron chi connectivity index (χ2n) is 5.09. The minimum absolute atomic E-state index is 0.0277. The number of carbonyl (C=O) groups excluding carboxylic acids is 1. The number of aromatic nitrogens is 1. The molecule has 0 aromatic carbocycles. The molecule has 21 heavy (non-hydrogen) atoms. The molecule has 2 N–H and O–H groups in total. The summed E-state index contributed by atoms with van der Waals surface area (Å²) in [6.07, 6.45) is 5.03. The number of carbonyl (C=O) groups is 2. The van der Waals surface area contributed by atoms with E-state index in [1.807, 2.05) is 19.1 Å². The van der Waals surface area contributed by atoms with Crippen LogP contribution in [0.3, 0.4) is 0 Å². The van der Waals surface area contributed by atoms with Crippen LogP contribution in [0.1, 0.15) is 25.3 Å². The molecule has 0 radical (unpaired) electrons. The number of carboxylic acid groups (broad SMARTS) is 1. The Morgan fingerprint density at radius 2 is 2.05 bits per heavy atom. The van der Waals surface area contributed by atoms with Crippen molar-refractivity contribution in [1.82, 2.24) is 15.2 Å². The van der Waals surface area contributed by atoms with Crippen molar-refractivity contribution in [3.63, 3.8) is 0 Å². The smallest absolute Gasteiger partial charge is 0.317 e. The molecule has 0 spiro atoms. The largest absolute Gasteiger partial charge is 0.481 e. The molecule has 0 saturated heterocycles. The Balaban J connectivity index is 2.32. The number of pyridine rings is 1. The molecule has 1 unspecified atom stereocenters. The normalized spacial score (nSPS) is 11.7. The van der Waals surface area contributed by atoms with Gasteiger partial charge in [0.15, 0.2) is 0 Å². The molecule has 1 rings (SSSR count). The Labute approximate surface area is 125 Å². The van der Waals surface area contributed by atoms with Crippen molar-refractivity contribution < 1.29 is 14.7 Å². The van der Waals surface area contributed by atoms with Gasteiger partial charge in [0, 0.05) is 39.0 Å². The van der Waals surface area contributed by atoms with E-state index in [9.17, 15) is 9.59 Å². The molecule has 0 aliphatic heterocycles. The molecule has 0 fully saturated rings. The summed E-state index contributed by atoms with van der Waals surface area (Å²) in [6, 6.07) is 3.67. The van der Waals surface area contributed by atoms with Gasteiger partial charge in [-0.15, -0.1) is 0 Å². The first kappa shape index (κ1) is 16.9. The lowest BCUT2D eigenvalue weighted by atomic mass is 10.0. The summed E-state index contributed by atoms with van der Waals surface area (Å²) < 4.78 is 0. The summed E-state index contributed by atoms with van der Waals surface area (Å²) in [7, 11) is 1.73. The SMILES string of the molecule is CCC(CNC(=O)N(C)CCc1ccncc1)CC(=O)O. The molecule has 0 bridgehead atoms. The van der Waals surface area contributed by atoms with Crippen LogP contribution in [0.5, 0.6) is 0 Å². The lowest BCUT2D eigenvalue weighted by Crippen LogP contribution is -2.40. The summed E-state index contributed by atoms with van der Waals surface area (Å²) in [6.45, 7) is 2.92. The number of aliphatic carboxylic acids is 1. The highest BCUT2D eigenvalue weighted by Gasteiger charge is 2.14. The second kappa shape index (κ2) is 8.94. The third-order valence-corrected chi connectivity index (χ3v) is 3.41. The highest BCUT2D eigenvalue weighted by atomic mass is 16.4. The van der Waals surface area contributed by atoms with Crippen molar-refractivity contribution in [3.8, 4) is 0 Å². The number of nitrogens with zero attached hydrogens (tertiary/aromatic N) is 2. The summed E-state index contributed by atoms with van der Waals surface area (Å²) in [4.78, 5) is 28.2. The molecule has 0 saturated carbocycles. The summed E-state index contributed by atoms with van der Waals surface area (Å²) in [5.74, 6) is -0.859. The van der Waals surface area contributed by atoms with E-state index in [4.69, 9.17) is 5.11 Å². The average Bonchev–Trinajstić information content (AvgIpc) is 2.49. The van der Waals surface area contributed by atoms with Crippen LogP contribution < -0.4 is 5.32 Å².